The van der Waals surface area contributed by atoms with Crippen LogP contribution in [0.2, 0.25) is 0 Å². The number of aromatic nitrogens is 2. The molecule has 0 saturated carbocycles. The van der Waals surface area contributed by atoms with Crippen molar-refractivity contribution in [3.05, 3.63) is 22.6 Å². The van der Waals surface area contributed by atoms with E-state index in [1.165, 1.54) is 0 Å². The number of hydrogen-bond donors (Lipinski definition) is 0. The van der Waals surface area contributed by atoms with Crippen molar-refractivity contribution in [1.29, 1.82) is 5.26 Å². The van der Waals surface area contributed by atoms with Crippen LogP contribution in [0.15, 0.2) is 16.8 Å². The lowest BCUT2D eigenvalue weighted by molar-refractivity contribution is 1.10. The summed E-state index contributed by atoms with van der Waals surface area (Å²) < 4.78 is 14.5. The highest BCUT2D eigenvalue weighted by molar-refractivity contribution is 9.10. The molecule has 44 valence electrons. The Kier molecular flexibility index (Phi) is 1.12. The van der Waals surface area contributed by atoms with Gasteiger partial charge in [0, 0.05) is 12.3 Å². The maximum absolute atomic E-state index is 8.32. The number of hydrogen-bond acceptors (Lipinski definition) is 3. The minimum atomic E-state index is -0.150. The Morgan fingerprint density at radius 3 is 2.67 bits per heavy atom. The van der Waals surface area contributed by atoms with E-state index in [-0.39, 0.29) is 22.6 Å². The third-order valence-electron chi connectivity index (χ3n) is 0.620. The van der Waals surface area contributed by atoms with Gasteiger partial charge in [-0.15, -0.1) is 0 Å². The molecule has 4 heteroatoms. The summed E-state index contributed by atoms with van der Waals surface area (Å²) in [4.78, 5) is 6.96. The standard InChI is InChI=1S/C5H2BrN3/c6-4-2-8-5(1-7)9-3-4/h2-3H/i2D,3D. The van der Waals surface area contributed by atoms with Crippen LogP contribution in [-0.2, 0) is 0 Å². The number of nitrogens with zero attached hydrogens (tertiary/aromatic N) is 3. The molecule has 0 aliphatic heterocycles. The van der Waals surface area contributed by atoms with Gasteiger partial charge in [-0.1, -0.05) is 0 Å². The van der Waals surface area contributed by atoms with Gasteiger partial charge in [-0.05, 0) is 15.9 Å². The third-order valence-corrected chi connectivity index (χ3v) is 0.975. The molecular weight excluding hydrogens is 182 g/mol. The lowest BCUT2D eigenvalue weighted by Crippen LogP contribution is -1.84. The summed E-state index contributed by atoms with van der Waals surface area (Å²) in [6.45, 7) is 0. The highest BCUT2D eigenvalue weighted by atomic mass is 79.9. The molecule has 1 rings (SSSR count). The molecule has 1 heterocycles. The fourth-order valence-electron chi connectivity index (χ4n) is 0.304. The van der Waals surface area contributed by atoms with Crippen LogP contribution in [0.25, 0.3) is 0 Å². The Bertz CT molecular complexity index is 310. The van der Waals surface area contributed by atoms with Crippen LogP contribution in [0.5, 0.6) is 0 Å². The minimum absolute atomic E-state index is 0.137. The van der Waals surface area contributed by atoms with E-state index in [1.807, 2.05) is 0 Å². The summed E-state index contributed by atoms with van der Waals surface area (Å²) in [7, 11) is 0. The summed E-state index contributed by atoms with van der Waals surface area (Å²) in [5.74, 6) is -0.150. The van der Waals surface area contributed by atoms with Gasteiger partial charge in [0.05, 0.1) is 7.21 Å². The second-order valence-corrected chi connectivity index (χ2v) is 1.99. The molecule has 0 aromatic carbocycles. The SMILES string of the molecule is [2H]c1nc(C#N)nc([2H])c1Br. The molecule has 0 radical (unpaired) electrons. The van der Waals surface area contributed by atoms with Crippen molar-refractivity contribution in [2.45, 2.75) is 0 Å². The molecular formula is C5H2BrN3. The molecule has 0 unspecified atom stereocenters. The zero-order valence-electron chi connectivity index (χ0n) is 6.22. The van der Waals surface area contributed by atoms with Gasteiger partial charge in [-0.2, -0.15) is 5.26 Å². The first-order valence-electron chi connectivity index (χ1n) is 3.06. The summed E-state index contributed by atoms with van der Waals surface area (Å²) >= 11 is 2.93. The summed E-state index contributed by atoms with van der Waals surface area (Å²) in [5.41, 5.74) is 0. The quantitative estimate of drug-likeness (QED) is 0.609. The smallest absolute Gasteiger partial charge is 0.226 e. The maximum atomic E-state index is 8.32. The summed E-state index contributed by atoms with van der Waals surface area (Å²) in [6, 6.07) is 1.65. The molecule has 1 aromatic rings. The van der Waals surface area contributed by atoms with Crippen LogP contribution in [-0.4, -0.2) is 9.97 Å². The van der Waals surface area contributed by atoms with E-state index in [0.717, 1.165) is 0 Å². The molecule has 0 amide bonds. The van der Waals surface area contributed by atoms with Crippen LogP contribution < -0.4 is 0 Å². The lowest BCUT2D eigenvalue weighted by atomic mass is 10.6. The second kappa shape index (κ2) is 2.55. The fourth-order valence-corrected chi connectivity index (χ4v) is 0.481. The van der Waals surface area contributed by atoms with Gasteiger partial charge in [0.2, 0.25) is 5.82 Å². The normalized spacial score (nSPS) is 11.6. The number of halogens is 1. The number of rotatable bonds is 0. The van der Waals surface area contributed by atoms with E-state index in [4.69, 9.17) is 8.00 Å². The molecule has 0 spiro atoms. The van der Waals surface area contributed by atoms with Gasteiger partial charge >= 0.3 is 0 Å². The van der Waals surface area contributed by atoms with Gasteiger partial charge < -0.3 is 0 Å². The summed E-state index contributed by atoms with van der Waals surface area (Å²) in [5, 5.41) is 8.32. The molecule has 0 saturated heterocycles. The van der Waals surface area contributed by atoms with Crippen LogP contribution in [0, 0.1) is 11.3 Å². The molecule has 0 aliphatic rings. The van der Waals surface area contributed by atoms with E-state index in [0.29, 0.717) is 0 Å². The molecule has 1 aromatic heterocycles. The predicted octanol–water partition coefficient (Wildman–Crippen LogP) is 1.11. The first-order chi connectivity index (χ1) is 5.15. The van der Waals surface area contributed by atoms with Crippen molar-refractivity contribution in [3.8, 4) is 6.07 Å². The first-order valence-corrected chi connectivity index (χ1v) is 2.85. The highest BCUT2D eigenvalue weighted by Gasteiger charge is 1.89. The number of nitriles is 1. The lowest BCUT2D eigenvalue weighted by Gasteiger charge is -1.84. The van der Waals surface area contributed by atoms with Gasteiger partial charge in [0.25, 0.3) is 0 Å². The van der Waals surface area contributed by atoms with Crippen molar-refractivity contribution < 1.29 is 2.74 Å². The Balaban J connectivity index is 3.35. The molecule has 3 nitrogen and oxygen atoms in total. The average Bonchev–Trinajstić information content (AvgIpc) is 1.99. The second-order valence-electron chi connectivity index (χ2n) is 1.20. The summed E-state index contributed by atoms with van der Waals surface area (Å²) in [6.07, 6.45) is -0.275. The van der Waals surface area contributed by atoms with E-state index < -0.39 is 0 Å². The van der Waals surface area contributed by atoms with Crippen molar-refractivity contribution in [2.75, 3.05) is 0 Å². The molecule has 9 heavy (non-hydrogen) atoms. The predicted molar refractivity (Wildman–Crippen MR) is 34.4 cm³/mol. The van der Waals surface area contributed by atoms with Gasteiger partial charge in [0.15, 0.2) is 0 Å². The highest BCUT2D eigenvalue weighted by Crippen LogP contribution is 2.03. The van der Waals surface area contributed by atoms with Gasteiger partial charge in [-0.25, -0.2) is 9.97 Å². The van der Waals surface area contributed by atoms with Crippen LogP contribution >= 0.6 is 15.9 Å². The van der Waals surface area contributed by atoms with Crippen LogP contribution in [0.4, 0.5) is 0 Å². The first kappa shape index (κ1) is 3.96. The van der Waals surface area contributed by atoms with E-state index in [2.05, 4.69) is 25.9 Å². The van der Waals surface area contributed by atoms with E-state index >= 15 is 0 Å². The van der Waals surface area contributed by atoms with E-state index in [1.54, 1.807) is 6.07 Å². The maximum Gasteiger partial charge on any atom is 0.232 e. The molecule has 0 aliphatic carbocycles. The van der Waals surface area contributed by atoms with Crippen molar-refractivity contribution >= 4 is 15.9 Å². The van der Waals surface area contributed by atoms with Crippen molar-refractivity contribution in [1.82, 2.24) is 9.97 Å². The monoisotopic (exact) mass is 185 g/mol. The Labute approximate surface area is 63.3 Å². The zero-order chi connectivity index (χ0) is 8.43. The fraction of sp³-hybridized carbons (Fsp3) is 0. The van der Waals surface area contributed by atoms with Crippen LogP contribution in [0.3, 0.4) is 0 Å². The van der Waals surface area contributed by atoms with Crippen molar-refractivity contribution in [3.63, 3.8) is 0 Å². The molecule has 0 fully saturated rings. The third kappa shape index (κ3) is 1.47. The average molecular weight is 186 g/mol. The van der Waals surface area contributed by atoms with Crippen molar-refractivity contribution in [2.24, 2.45) is 0 Å². The molecule has 0 bridgehead atoms. The van der Waals surface area contributed by atoms with E-state index in [9.17, 15) is 0 Å². The van der Waals surface area contributed by atoms with Gasteiger partial charge in [0.1, 0.15) is 6.07 Å². The molecule has 0 atom stereocenters. The topological polar surface area (TPSA) is 49.6 Å². The Morgan fingerprint density at radius 2 is 2.22 bits per heavy atom. The van der Waals surface area contributed by atoms with Crippen LogP contribution in [0.1, 0.15) is 8.57 Å². The largest absolute Gasteiger partial charge is 0.232 e. The minimum Gasteiger partial charge on any atom is -0.226 e. The van der Waals surface area contributed by atoms with Gasteiger partial charge in [-0.3, -0.25) is 0 Å². The Morgan fingerprint density at radius 1 is 1.67 bits per heavy atom. The zero-order valence-corrected chi connectivity index (χ0v) is 5.81. The Hall–Kier alpha value is -0.950. The molecule has 0 N–H and O–H groups in total.